The third-order valence-electron chi connectivity index (χ3n) is 1.73. The van der Waals surface area contributed by atoms with E-state index in [9.17, 15) is 0 Å². The number of aromatic nitrogens is 1. The van der Waals surface area contributed by atoms with Gasteiger partial charge in [0.2, 0.25) is 0 Å². The molecule has 1 aromatic rings. The van der Waals surface area contributed by atoms with Gasteiger partial charge in [-0.05, 0) is 12.5 Å². The van der Waals surface area contributed by atoms with Gasteiger partial charge in [0, 0.05) is 32.1 Å². The van der Waals surface area contributed by atoms with Crippen molar-refractivity contribution in [2.24, 2.45) is 0 Å². The van der Waals surface area contributed by atoms with E-state index in [4.69, 9.17) is 21.1 Å². The van der Waals surface area contributed by atoms with E-state index in [1.54, 1.807) is 13.3 Å². The zero-order chi connectivity index (χ0) is 10.2. The van der Waals surface area contributed by atoms with E-state index in [2.05, 4.69) is 4.98 Å². The molecule has 0 aliphatic rings. The molecule has 0 saturated carbocycles. The highest BCUT2D eigenvalue weighted by molar-refractivity contribution is 6.30. The Morgan fingerprint density at radius 1 is 1.43 bits per heavy atom. The van der Waals surface area contributed by atoms with Gasteiger partial charge in [0.1, 0.15) is 5.15 Å². The van der Waals surface area contributed by atoms with Gasteiger partial charge in [0.05, 0.1) is 6.61 Å². The monoisotopic (exact) mass is 215 g/mol. The molecule has 1 aromatic heterocycles. The van der Waals surface area contributed by atoms with E-state index >= 15 is 0 Å². The van der Waals surface area contributed by atoms with Crippen LogP contribution in [0.4, 0.5) is 0 Å². The SMILES string of the molecule is COCCCOCc1cccnc1Cl. The lowest BCUT2D eigenvalue weighted by Gasteiger charge is -2.04. The highest BCUT2D eigenvalue weighted by Gasteiger charge is 1.99. The lowest BCUT2D eigenvalue weighted by Crippen LogP contribution is -2.00. The number of hydrogen-bond donors (Lipinski definition) is 0. The Balaban J connectivity index is 2.21. The fourth-order valence-corrected chi connectivity index (χ4v) is 1.19. The van der Waals surface area contributed by atoms with Gasteiger partial charge in [0.15, 0.2) is 0 Å². The van der Waals surface area contributed by atoms with Crippen LogP contribution in [0.5, 0.6) is 0 Å². The first-order valence-electron chi connectivity index (χ1n) is 4.50. The maximum Gasteiger partial charge on any atom is 0.134 e. The second kappa shape index (κ2) is 6.76. The molecule has 4 heteroatoms. The molecule has 0 bridgehead atoms. The van der Waals surface area contributed by atoms with Crippen LogP contribution in [0.25, 0.3) is 0 Å². The van der Waals surface area contributed by atoms with Crippen molar-refractivity contribution in [2.75, 3.05) is 20.3 Å². The lowest BCUT2D eigenvalue weighted by molar-refractivity contribution is 0.0927. The minimum atomic E-state index is 0.510. The van der Waals surface area contributed by atoms with Gasteiger partial charge in [-0.25, -0.2) is 4.98 Å². The fourth-order valence-electron chi connectivity index (χ4n) is 1.01. The Morgan fingerprint density at radius 2 is 2.29 bits per heavy atom. The van der Waals surface area contributed by atoms with Crippen molar-refractivity contribution in [3.05, 3.63) is 29.0 Å². The Morgan fingerprint density at radius 3 is 3.00 bits per heavy atom. The molecule has 1 rings (SSSR count). The molecular weight excluding hydrogens is 202 g/mol. The highest BCUT2D eigenvalue weighted by Crippen LogP contribution is 2.12. The minimum Gasteiger partial charge on any atom is -0.385 e. The first-order chi connectivity index (χ1) is 6.84. The average Bonchev–Trinajstić information content (AvgIpc) is 2.20. The number of hydrogen-bond acceptors (Lipinski definition) is 3. The Bertz CT molecular complexity index is 268. The molecule has 1 heterocycles. The lowest BCUT2D eigenvalue weighted by atomic mass is 10.3. The molecule has 0 unspecified atom stereocenters. The van der Waals surface area contributed by atoms with Crippen LogP contribution in [0.1, 0.15) is 12.0 Å². The zero-order valence-corrected chi connectivity index (χ0v) is 8.96. The van der Waals surface area contributed by atoms with Crippen LogP contribution in [-0.4, -0.2) is 25.3 Å². The summed E-state index contributed by atoms with van der Waals surface area (Å²) in [6.45, 7) is 1.91. The largest absolute Gasteiger partial charge is 0.385 e. The van der Waals surface area contributed by atoms with Crippen LogP contribution in [0, 0.1) is 0 Å². The van der Waals surface area contributed by atoms with Gasteiger partial charge in [-0.3, -0.25) is 0 Å². The maximum atomic E-state index is 5.85. The van der Waals surface area contributed by atoms with E-state index in [-0.39, 0.29) is 0 Å². The summed E-state index contributed by atoms with van der Waals surface area (Å²) in [6.07, 6.45) is 2.56. The topological polar surface area (TPSA) is 31.4 Å². The fraction of sp³-hybridized carbons (Fsp3) is 0.500. The molecule has 14 heavy (non-hydrogen) atoms. The number of methoxy groups -OCH3 is 1. The van der Waals surface area contributed by atoms with Gasteiger partial charge < -0.3 is 9.47 Å². The second-order valence-electron chi connectivity index (χ2n) is 2.85. The number of halogens is 1. The summed E-state index contributed by atoms with van der Waals surface area (Å²) in [4.78, 5) is 3.95. The molecule has 0 spiro atoms. The molecule has 3 nitrogen and oxygen atoms in total. The summed E-state index contributed by atoms with van der Waals surface area (Å²) in [6, 6.07) is 3.76. The number of pyridine rings is 1. The van der Waals surface area contributed by atoms with Crippen LogP contribution in [0.3, 0.4) is 0 Å². The summed E-state index contributed by atoms with van der Waals surface area (Å²) in [5.41, 5.74) is 0.923. The summed E-state index contributed by atoms with van der Waals surface area (Å²) >= 11 is 5.85. The van der Waals surface area contributed by atoms with Crippen molar-refractivity contribution < 1.29 is 9.47 Å². The first-order valence-corrected chi connectivity index (χ1v) is 4.88. The van der Waals surface area contributed by atoms with Gasteiger partial charge in [0.25, 0.3) is 0 Å². The smallest absolute Gasteiger partial charge is 0.134 e. The van der Waals surface area contributed by atoms with Crippen molar-refractivity contribution in [1.29, 1.82) is 0 Å². The number of nitrogens with zero attached hydrogens (tertiary/aromatic N) is 1. The summed E-state index contributed by atoms with van der Waals surface area (Å²) in [5, 5.41) is 0.513. The van der Waals surface area contributed by atoms with E-state index in [1.807, 2.05) is 12.1 Å². The number of ether oxygens (including phenoxy) is 2. The van der Waals surface area contributed by atoms with E-state index in [1.165, 1.54) is 0 Å². The van der Waals surface area contributed by atoms with Crippen LogP contribution in [-0.2, 0) is 16.1 Å². The molecule has 0 saturated heterocycles. The first kappa shape index (κ1) is 11.4. The van der Waals surface area contributed by atoms with E-state index < -0.39 is 0 Å². The van der Waals surface area contributed by atoms with E-state index in [0.717, 1.165) is 18.6 Å². The quantitative estimate of drug-likeness (QED) is 0.539. The molecule has 0 atom stereocenters. The van der Waals surface area contributed by atoms with Crippen LogP contribution >= 0.6 is 11.6 Å². The molecular formula is C10H14ClNO2. The third-order valence-corrected chi connectivity index (χ3v) is 2.07. The number of rotatable bonds is 6. The Hall–Kier alpha value is -0.640. The predicted molar refractivity (Wildman–Crippen MR) is 55.4 cm³/mol. The van der Waals surface area contributed by atoms with Crippen molar-refractivity contribution >= 4 is 11.6 Å². The molecule has 0 aliphatic carbocycles. The summed E-state index contributed by atoms with van der Waals surface area (Å²) in [5.74, 6) is 0. The summed E-state index contributed by atoms with van der Waals surface area (Å²) in [7, 11) is 1.68. The molecule has 0 N–H and O–H groups in total. The standard InChI is InChI=1S/C10H14ClNO2/c1-13-6-3-7-14-8-9-4-2-5-12-10(9)11/h2,4-5H,3,6-8H2,1H3. The maximum absolute atomic E-state index is 5.85. The minimum absolute atomic E-state index is 0.510. The van der Waals surface area contributed by atoms with Crippen molar-refractivity contribution in [3.8, 4) is 0 Å². The van der Waals surface area contributed by atoms with Gasteiger partial charge in [-0.15, -0.1) is 0 Å². The van der Waals surface area contributed by atoms with Crippen molar-refractivity contribution in [3.63, 3.8) is 0 Å². The van der Waals surface area contributed by atoms with Crippen molar-refractivity contribution in [1.82, 2.24) is 4.98 Å². The highest BCUT2D eigenvalue weighted by atomic mass is 35.5. The molecule has 0 aliphatic heterocycles. The molecule has 0 amide bonds. The predicted octanol–water partition coefficient (Wildman–Crippen LogP) is 2.29. The van der Waals surface area contributed by atoms with Crippen LogP contribution < -0.4 is 0 Å². The van der Waals surface area contributed by atoms with Gasteiger partial charge in [-0.1, -0.05) is 17.7 Å². The van der Waals surface area contributed by atoms with Gasteiger partial charge in [-0.2, -0.15) is 0 Å². The van der Waals surface area contributed by atoms with Gasteiger partial charge >= 0.3 is 0 Å². The third kappa shape index (κ3) is 4.05. The van der Waals surface area contributed by atoms with Crippen molar-refractivity contribution in [2.45, 2.75) is 13.0 Å². The molecule has 78 valence electrons. The normalized spacial score (nSPS) is 10.4. The Labute approximate surface area is 89.0 Å². The molecule has 0 fully saturated rings. The van der Waals surface area contributed by atoms with Crippen LogP contribution in [0.2, 0.25) is 5.15 Å². The van der Waals surface area contributed by atoms with Crippen LogP contribution in [0.15, 0.2) is 18.3 Å². The van der Waals surface area contributed by atoms with E-state index in [0.29, 0.717) is 18.4 Å². The average molecular weight is 216 g/mol. The Kier molecular flexibility index (Phi) is 5.52. The molecule has 0 aromatic carbocycles. The summed E-state index contributed by atoms with van der Waals surface area (Å²) < 4.78 is 10.3. The molecule has 0 radical (unpaired) electrons. The second-order valence-corrected chi connectivity index (χ2v) is 3.21. The zero-order valence-electron chi connectivity index (χ0n) is 8.20.